The van der Waals surface area contributed by atoms with Crippen LogP contribution in [0.3, 0.4) is 0 Å². The molecule has 1 aromatic rings. The molecule has 1 rings (SSSR count). The molecule has 102 valence electrons. The van der Waals surface area contributed by atoms with Crippen molar-refractivity contribution in [2.45, 2.75) is 0 Å². The van der Waals surface area contributed by atoms with Crippen LogP contribution >= 0.6 is 0 Å². The van der Waals surface area contributed by atoms with E-state index in [1.54, 1.807) is 0 Å². The first-order chi connectivity index (χ1) is 9.08. The Labute approximate surface area is 110 Å². The number of methoxy groups -OCH3 is 1. The van der Waals surface area contributed by atoms with Crippen molar-refractivity contribution in [2.75, 3.05) is 20.3 Å². The van der Waals surface area contributed by atoms with Crippen LogP contribution in [0.25, 0.3) is 0 Å². The minimum absolute atomic E-state index is 0.137. The zero-order valence-electron chi connectivity index (χ0n) is 10.4. The lowest BCUT2D eigenvalue weighted by Gasteiger charge is -2.10. The van der Waals surface area contributed by atoms with Crippen LogP contribution in [0, 0.1) is 10.1 Å². The molecule has 0 spiro atoms. The molecule has 19 heavy (non-hydrogen) atoms. The summed E-state index contributed by atoms with van der Waals surface area (Å²) < 4.78 is 10.2. The molecule has 0 radical (unpaired) electrons. The quantitative estimate of drug-likeness (QED) is 0.456. The maximum absolute atomic E-state index is 11.3. The van der Waals surface area contributed by atoms with E-state index in [0.29, 0.717) is 12.3 Å². The summed E-state index contributed by atoms with van der Waals surface area (Å²) in [7, 11) is 1.41. The number of hydrogen-bond donors (Lipinski definition) is 1. The summed E-state index contributed by atoms with van der Waals surface area (Å²) in [6, 6.07) is 3.91. The second-order valence-electron chi connectivity index (χ2n) is 3.47. The zero-order chi connectivity index (χ0) is 14.3. The Balaban J connectivity index is 2.75. The lowest BCUT2D eigenvalue weighted by molar-refractivity contribution is -0.385. The van der Waals surface area contributed by atoms with Crippen molar-refractivity contribution in [3.05, 3.63) is 41.0 Å². The first kappa shape index (κ1) is 14.5. The van der Waals surface area contributed by atoms with E-state index in [-0.39, 0.29) is 24.0 Å². The van der Waals surface area contributed by atoms with Crippen LogP contribution in [0.4, 0.5) is 5.69 Å². The molecular formula is C12H14N2O5. The van der Waals surface area contributed by atoms with Gasteiger partial charge in [-0.25, -0.2) is 0 Å². The monoisotopic (exact) mass is 266 g/mol. The number of nitrogens with zero attached hydrogens (tertiary/aromatic N) is 1. The molecule has 0 aromatic heterocycles. The maximum atomic E-state index is 11.3. The number of carbonyl (C=O) groups excluding carboxylic acids is 1. The highest BCUT2D eigenvalue weighted by atomic mass is 16.6. The largest absolute Gasteiger partial charge is 0.493 e. The lowest BCUT2D eigenvalue weighted by atomic mass is 10.3. The van der Waals surface area contributed by atoms with E-state index in [2.05, 4.69) is 11.9 Å². The van der Waals surface area contributed by atoms with Crippen molar-refractivity contribution in [3.63, 3.8) is 0 Å². The van der Waals surface area contributed by atoms with Gasteiger partial charge in [-0.05, 0) is 6.07 Å². The molecule has 0 saturated carbocycles. The van der Waals surface area contributed by atoms with Gasteiger partial charge >= 0.3 is 0 Å². The van der Waals surface area contributed by atoms with Crippen LogP contribution < -0.4 is 14.8 Å². The number of benzene rings is 1. The topological polar surface area (TPSA) is 90.7 Å². The Kier molecular flexibility index (Phi) is 5.34. The molecule has 0 heterocycles. The Morgan fingerprint density at radius 3 is 2.84 bits per heavy atom. The number of non-ortho nitro benzene ring substituents is 1. The number of ether oxygens (including phenoxy) is 2. The third-order valence-corrected chi connectivity index (χ3v) is 2.16. The van der Waals surface area contributed by atoms with E-state index in [1.807, 2.05) is 0 Å². The van der Waals surface area contributed by atoms with Gasteiger partial charge in [0.2, 0.25) is 0 Å². The van der Waals surface area contributed by atoms with Crippen LogP contribution in [-0.4, -0.2) is 31.1 Å². The van der Waals surface area contributed by atoms with Gasteiger partial charge in [0.25, 0.3) is 11.6 Å². The number of nitrogens with one attached hydrogen (secondary N) is 1. The number of nitro benzene ring substituents is 1. The van der Waals surface area contributed by atoms with Crippen molar-refractivity contribution in [1.29, 1.82) is 0 Å². The summed E-state index contributed by atoms with van der Waals surface area (Å²) in [5.74, 6) is 0.112. The van der Waals surface area contributed by atoms with Gasteiger partial charge in [-0.3, -0.25) is 14.9 Å². The highest BCUT2D eigenvalue weighted by molar-refractivity contribution is 5.77. The van der Waals surface area contributed by atoms with Gasteiger partial charge in [0.05, 0.1) is 18.1 Å². The van der Waals surface area contributed by atoms with Gasteiger partial charge in [-0.1, -0.05) is 6.08 Å². The van der Waals surface area contributed by atoms with Gasteiger partial charge in [0, 0.05) is 12.6 Å². The van der Waals surface area contributed by atoms with Gasteiger partial charge in [-0.2, -0.15) is 0 Å². The van der Waals surface area contributed by atoms with E-state index >= 15 is 0 Å². The molecule has 0 saturated heterocycles. The first-order valence-electron chi connectivity index (χ1n) is 5.41. The van der Waals surface area contributed by atoms with Crippen molar-refractivity contribution in [2.24, 2.45) is 0 Å². The summed E-state index contributed by atoms with van der Waals surface area (Å²) in [6.45, 7) is 3.53. The number of hydrogen-bond acceptors (Lipinski definition) is 5. The normalized spacial score (nSPS) is 9.53. The van der Waals surface area contributed by atoms with E-state index in [0.717, 1.165) is 0 Å². The molecule has 1 aromatic carbocycles. The molecular weight excluding hydrogens is 252 g/mol. The third-order valence-electron chi connectivity index (χ3n) is 2.16. The molecule has 0 aliphatic heterocycles. The van der Waals surface area contributed by atoms with Crippen LogP contribution in [0.2, 0.25) is 0 Å². The number of carbonyl (C=O) groups is 1. The summed E-state index contributed by atoms with van der Waals surface area (Å²) in [4.78, 5) is 21.4. The Hall–Kier alpha value is -2.57. The van der Waals surface area contributed by atoms with Crippen LogP contribution in [0.1, 0.15) is 0 Å². The summed E-state index contributed by atoms with van der Waals surface area (Å²) >= 11 is 0. The van der Waals surface area contributed by atoms with Crippen LogP contribution in [0.15, 0.2) is 30.9 Å². The summed E-state index contributed by atoms with van der Waals surface area (Å²) in [6.07, 6.45) is 1.53. The standard InChI is InChI=1S/C12H14N2O5/c1-3-6-13-12(15)8-19-11-7-9(14(16)17)4-5-10(11)18-2/h3-5,7H,1,6,8H2,2H3,(H,13,15). The average Bonchev–Trinajstić information content (AvgIpc) is 2.42. The number of rotatable bonds is 7. The number of amides is 1. The smallest absolute Gasteiger partial charge is 0.273 e. The number of nitro groups is 1. The molecule has 1 amide bonds. The second kappa shape index (κ2) is 7.00. The van der Waals surface area contributed by atoms with Crippen molar-refractivity contribution in [3.8, 4) is 11.5 Å². The minimum atomic E-state index is -0.552. The Bertz CT molecular complexity index is 487. The van der Waals surface area contributed by atoms with Gasteiger partial charge in [0.15, 0.2) is 18.1 Å². The van der Waals surface area contributed by atoms with Crippen molar-refractivity contribution in [1.82, 2.24) is 5.32 Å². The summed E-state index contributed by atoms with van der Waals surface area (Å²) in [5.41, 5.74) is -0.137. The van der Waals surface area contributed by atoms with Crippen LogP contribution in [0.5, 0.6) is 11.5 Å². The van der Waals surface area contributed by atoms with E-state index in [4.69, 9.17) is 9.47 Å². The molecule has 0 unspecified atom stereocenters. The molecule has 0 aliphatic carbocycles. The molecule has 1 N–H and O–H groups in total. The van der Waals surface area contributed by atoms with Gasteiger partial charge < -0.3 is 14.8 Å². The molecule has 0 fully saturated rings. The first-order valence-corrected chi connectivity index (χ1v) is 5.41. The van der Waals surface area contributed by atoms with Crippen LogP contribution in [-0.2, 0) is 4.79 Å². The minimum Gasteiger partial charge on any atom is -0.493 e. The van der Waals surface area contributed by atoms with E-state index < -0.39 is 4.92 Å². The van der Waals surface area contributed by atoms with Gasteiger partial charge in [0.1, 0.15) is 0 Å². The predicted octanol–water partition coefficient (Wildman–Crippen LogP) is 1.28. The SMILES string of the molecule is C=CCNC(=O)COc1cc([N+](=O)[O-])ccc1OC. The molecule has 0 aliphatic rings. The molecule has 7 nitrogen and oxygen atoms in total. The van der Waals surface area contributed by atoms with Crippen molar-refractivity contribution >= 4 is 11.6 Å². The van der Waals surface area contributed by atoms with Gasteiger partial charge in [-0.15, -0.1) is 6.58 Å². The fraction of sp³-hybridized carbons (Fsp3) is 0.250. The Morgan fingerprint density at radius 1 is 1.53 bits per heavy atom. The fourth-order valence-corrected chi connectivity index (χ4v) is 1.27. The van der Waals surface area contributed by atoms with Crippen molar-refractivity contribution < 1.29 is 19.2 Å². The zero-order valence-corrected chi connectivity index (χ0v) is 10.4. The fourth-order valence-electron chi connectivity index (χ4n) is 1.27. The average molecular weight is 266 g/mol. The van der Waals surface area contributed by atoms with E-state index in [1.165, 1.54) is 31.4 Å². The molecule has 7 heteroatoms. The predicted molar refractivity (Wildman–Crippen MR) is 68.4 cm³/mol. The Morgan fingerprint density at radius 2 is 2.26 bits per heavy atom. The highest BCUT2D eigenvalue weighted by Crippen LogP contribution is 2.30. The maximum Gasteiger partial charge on any atom is 0.273 e. The lowest BCUT2D eigenvalue weighted by Crippen LogP contribution is -2.28. The van der Waals surface area contributed by atoms with E-state index in [9.17, 15) is 14.9 Å². The third kappa shape index (κ3) is 4.30. The molecule has 0 atom stereocenters. The second-order valence-corrected chi connectivity index (χ2v) is 3.47. The molecule has 0 bridgehead atoms. The summed E-state index contributed by atoms with van der Waals surface area (Å²) in [5, 5.41) is 13.2. The highest BCUT2D eigenvalue weighted by Gasteiger charge is 2.13.